The summed E-state index contributed by atoms with van der Waals surface area (Å²) in [6, 6.07) is 3.44. The molecule has 7 nitrogen and oxygen atoms in total. The summed E-state index contributed by atoms with van der Waals surface area (Å²) in [6.45, 7) is 2.78. The van der Waals surface area contributed by atoms with E-state index in [0.717, 1.165) is 43.1 Å². The van der Waals surface area contributed by atoms with Gasteiger partial charge in [0.2, 0.25) is 0 Å². The smallest absolute Gasteiger partial charge is 0.254 e. The molecular formula is C19H20N6O. The van der Waals surface area contributed by atoms with E-state index in [4.69, 9.17) is 4.98 Å². The van der Waals surface area contributed by atoms with Gasteiger partial charge in [0.15, 0.2) is 5.82 Å². The van der Waals surface area contributed by atoms with Crippen molar-refractivity contribution in [1.29, 1.82) is 0 Å². The highest BCUT2D eigenvalue weighted by Gasteiger charge is 2.32. The van der Waals surface area contributed by atoms with Gasteiger partial charge < -0.3 is 4.90 Å². The Morgan fingerprint density at radius 2 is 2.04 bits per heavy atom. The number of rotatable bonds is 4. The van der Waals surface area contributed by atoms with Gasteiger partial charge in [-0.2, -0.15) is 0 Å². The fraction of sp³-hybridized carbons (Fsp3) is 0.316. The van der Waals surface area contributed by atoms with Crippen molar-refractivity contribution in [3.8, 4) is 5.82 Å². The van der Waals surface area contributed by atoms with E-state index >= 15 is 0 Å². The van der Waals surface area contributed by atoms with Gasteiger partial charge in [0, 0.05) is 43.3 Å². The Kier molecular flexibility index (Phi) is 4.43. The van der Waals surface area contributed by atoms with Crippen molar-refractivity contribution < 1.29 is 4.79 Å². The van der Waals surface area contributed by atoms with Gasteiger partial charge in [0.25, 0.3) is 5.91 Å². The van der Waals surface area contributed by atoms with Crippen LogP contribution in [0, 0.1) is 0 Å². The largest absolute Gasteiger partial charge is 0.330 e. The monoisotopic (exact) mass is 348 g/mol. The van der Waals surface area contributed by atoms with Crippen molar-refractivity contribution in [2.24, 2.45) is 0 Å². The first kappa shape index (κ1) is 16.4. The number of amides is 1. The van der Waals surface area contributed by atoms with Crippen LogP contribution in [0.25, 0.3) is 5.82 Å². The molecule has 0 N–H and O–H groups in total. The first-order valence-corrected chi connectivity index (χ1v) is 8.83. The molecule has 1 aliphatic rings. The van der Waals surface area contributed by atoms with Crippen LogP contribution < -0.4 is 0 Å². The van der Waals surface area contributed by atoms with E-state index in [1.165, 1.54) is 0 Å². The summed E-state index contributed by atoms with van der Waals surface area (Å²) in [5.74, 6) is 1.69. The number of hydrogen-bond acceptors (Lipinski definition) is 5. The molecule has 1 saturated heterocycles. The number of imidazole rings is 1. The second-order valence-corrected chi connectivity index (χ2v) is 6.26. The summed E-state index contributed by atoms with van der Waals surface area (Å²) in [6.07, 6.45) is 13.1. The van der Waals surface area contributed by atoms with Gasteiger partial charge in [0.1, 0.15) is 5.82 Å². The third-order valence-corrected chi connectivity index (χ3v) is 4.70. The molecule has 3 aromatic heterocycles. The predicted molar refractivity (Wildman–Crippen MR) is 95.8 cm³/mol. The maximum atomic E-state index is 12.9. The zero-order valence-electron chi connectivity index (χ0n) is 14.6. The molecule has 0 spiro atoms. The van der Waals surface area contributed by atoms with Crippen molar-refractivity contribution in [3.05, 3.63) is 66.4 Å². The third-order valence-electron chi connectivity index (χ3n) is 4.70. The normalized spacial score (nSPS) is 16.8. The number of aryl methyl sites for hydroxylation is 1. The standard InChI is InChI=1S/C19H20N6O/c1-2-17-22-9-11-25(17)18-13-21-12-15(23-18)16-4-3-10-24(16)19(26)14-5-7-20-8-6-14/h5-9,11-13,16H,2-4,10H2,1H3/t16-/m1/s1. The van der Waals surface area contributed by atoms with E-state index in [1.807, 2.05) is 15.7 Å². The number of likely N-dealkylation sites (tertiary alicyclic amines) is 1. The Labute approximate surface area is 151 Å². The number of pyridine rings is 1. The fourth-order valence-corrected chi connectivity index (χ4v) is 3.43. The molecule has 26 heavy (non-hydrogen) atoms. The van der Waals surface area contributed by atoms with Gasteiger partial charge in [-0.05, 0) is 25.0 Å². The minimum absolute atomic E-state index is 0.0129. The molecule has 4 rings (SSSR count). The summed E-state index contributed by atoms with van der Waals surface area (Å²) >= 11 is 0. The average Bonchev–Trinajstić information content (AvgIpc) is 3.37. The first-order chi connectivity index (χ1) is 12.8. The molecule has 0 bridgehead atoms. The number of carbonyl (C=O) groups excluding carboxylic acids is 1. The van der Waals surface area contributed by atoms with E-state index in [2.05, 4.69) is 21.9 Å². The molecule has 7 heteroatoms. The molecule has 1 amide bonds. The summed E-state index contributed by atoms with van der Waals surface area (Å²) in [7, 11) is 0. The molecule has 0 radical (unpaired) electrons. The SMILES string of the molecule is CCc1nccn1-c1cncc([C@H]2CCCN2C(=O)c2ccncc2)n1. The van der Waals surface area contributed by atoms with Gasteiger partial charge in [-0.15, -0.1) is 0 Å². The minimum Gasteiger partial charge on any atom is -0.330 e. The first-order valence-electron chi connectivity index (χ1n) is 8.83. The van der Waals surface area contributed by atoms with E-state index in [0.29, 0.717) is 5.56 Å². The van der Waals surface area contributed by atoms with Crippen molar-refractivity contribution in [2.45, 2.75) is 32.2 Å². The zero-order chi connectivity index (χ0) is 17.9. The Hall–Kier alpha value is -3.09. The second-order valence-electron chi connectivity index (χ2n) is 6.26. The Bertz CT molecular complexity index is 907. The summed E-state index contributed by atoms with van der Waals surface area (Å²) in [5, 5.41) is 0. The molecule has 1 atom stereocenters. The lowest BCUT2D eigenvalue weighted by Gasteiger charge is -2.24. The topological polar surface area (TPSA) is 76.8 Å². The minimum atomic E-state index is -0.0586. The van der Waals surface area contributed by atoms with Crippen molar-refractivity contribution in [3.63, 3.8) is 0 Å². The molecule has 0 unspecified atom stereocenters. The van der Waals surface area contributed by atoms with E-state index in [1.54, 1.807) is 43.1 Å². The van der Waals surface area contributed by atoms with E-state index < -0.39 is 0 Å². The van der Waals surface area contributed by atoms with E-state index in [-0.39, 0.29) is 11.9 Å². The maximum absolute atomic E-state index is 12.9. The van der Waals surface area contributed by atoms with Crippen molar-refractivity contribution in [1.82, 2.24) is 29.4 Å². The third kappa shape index (κ3) is 2.96. The van der Waals surface area contributed by atoms with Crippen LogP contribution in [0.4, 0.5) is 0 Å². The van der Waals surface area contributed by atoms with Gasteiger partial charge in [-0.1, -0.05) is 6.92 Å². The molecule has 1 fully saturated rings. The number of aromatic nitrogens is 5. The van der Waals surface area contributed by atoms with Crippen LogP contribution in [-0.4, -0.2) is 41.9 Å². The van der Waals surface area contributed by atoms with Crippen LogP contribution in [-0.2, 0) is 6.42 Å². The van der Waals surface area contributed by atoms with Crippen LogP contribution in [0.3, 0.4) is 0 Å². The lowest BCUT2D eigenvalue weighted by molar-refractivity contribution is 0.0732. The summed E-state index contributed by atoms with van der Waals surface area (Å²) < 4.78 is 1.94. The number of hydrogen-bond donors (Lipinski definition) is 0. The van der Waals surface area contributed by atoms with Crippen LogP contribution in [0.1, 0.15) is 47.7 Å². The fourth-order valence-electron chi connectivity index (χ4n) is 3.43. The average molecular weight is 348 g/mol. The van der Waals surface area contributed by atoms with Crippen LogP contribution >= 0.6 is 0 Å². The highest BCUT2D eigenvalue weighted by atomic mass is 16.2. The zero-order valence-corrected chi connectivity index (χ0v) is 14.6. The van der Waals surface area contributed by atoms with E-state index in [9.17, 15) is 4.79 Å². The van der Waals surface area contributed by atoms with Crippen LogP contribution in [0.2, 0.25) is 0 Å². The lowest BCUT2D eigenvalue weighted by Crippen LogP contribution is -2.31. The quantitative estimate of drug-likeness (QED) is 0.724. The molecular weight excluding hydrogens is 328 g/mol. The highest BCUT2D eigenvalue weighted by Crippen LogP contribution is 2.32. The van der Waals surface area contributed by atoms with Crippen LogP contribution in [0.5, 0.6) is 0 Å². The summed E-state index contributed by atoms with van der Waals surface area (Å²) in [5.41, 5.74) is 1.47. The van der Waals surface area contributed by atoms with Crippen molar-refractivity contribution >= 4 is 5.91 Å². The van der Waals surface area contributed by atoms with Gasteiger partial charge in [-0.3, -0.25) is 19.3 Å². The molecule has 1 aliphatic heterocycles. The van der Waals surface area contributed by atoms with Gasteiger partial charge in [-0.25, -0.2) is 9.97 Å². The Balaban J connectivity index is 1.64. The van der Waals surface area contributed by atoms with Gasteiger partial charge in [0.05, 0.1) is 24.1 Å². The van der Waals surface area contributed by atoms with Crippen LogP contribution in [0.15, 0.2) is 49.3 Å². The van der Waals surface area contributed by atoms with Crippen molar-refractivity contribution in [2.75, 3.05) is 6.54 Å². The highest BCUT2D eigenvalue weighted by molar-refractivity contribution is 5.94. The molecule has 4 heterocycles. The lowest BCUT2D eigenvalue weighted by atomic mass is 10.1. The summed E-state index contributed by atoms with van der Waals surface area (Å²) in [4.78, 5) is 32.3. The molecule has 0 aliphatic carbocycles. The molecule has 3 aromatic rings. The number of carbonyl (C=O) groups is 1. The molecule has 0 saturated carbocycles. The second kappa shape index (κ2) is 7.03. The van der Waals surface area contributed by atoms with Gasteiger partial charge >= 0.3 is 0 Å². The Morgan fingerprint density at radius 3 is 2.85 bits per heavy atom. The predicted octanol–water partition coefficient (Wildman–Crippen LogP) is 2.60. The molecule has 0 aromatic carbocycles. The Morgan fingerprint density at radius 1 is 1.19 bits per heavy atom. The number of nitrogens with zero attached hydrogens (tertiary/aromatic N) is 6. The molecule has 132 valence electrons. The maximum Gasteiger partial charge on any atom is 0.254 e.